The van der Waals surface area contributed by atoms with Crippen molar-refractivity contribution in [2.24, 2.45) is 15.0 Å². The Balaban J connectivity index is 1.81. The largest absolute Gasteiger partial charge is 0.508 e. The average Bonchev–Trinajstić information content (AvgIpc) is 3.16. The van der Waals surface area contributed by atoms with Crippen molar-refractivity contribution in [3.05, 3.63) is 74.7 Å². The second-order valence-corrected chi connectivity index (χ2v) is 6.67. The molecule has 7 heteroatoms. The zero-order chi connectivity index (χ0) is 18.1. The van der Waals surface area contributed by atoms with E-state index in [4.69, 9.17) is 0 Å². The molecular weight excluding hydrogens is 348 g/mol. The van der Waals surface area contributed by atoms with E-state index in [-0.39, 0.29) is 11.6 Å². The number of hydrogen-bond acceptors (Lipinski definition) is 6. The van der Waals surface area contributed by atoms with Gasteiger partial charge < -0.3 is 10.2 Å². The average molecular weight is 364 g/mol. The monoisotopic (exact) mass is 364 g/mol. The van der Waals surface area contributed by atoms with Gasteiger partial charge in [-0.2, -0.15) is 0 Å². The van der Waals surface area contributed by atoms with Crippen LogP contribution >= 0.6 is 11.3 Å². The minimum Gasteiger partial charge on any atom is -0.508 e. The highest BCUT2D eigenvalue weighted by Gasteiger charge is 2.12. The number of fused-ring (bicyclic) bond motifs is 1. The Morgan fingerprint density at radius 3 is 2.46 bits per heavy atom. The number of aromatic nitrogens is 1. The van der Waals surface area contributed by atoms with Crippen LogP contribution in [0.25, 0.3) is 6.08 Å². The predicted octanol–water partition coefficient (Wildman–Crippen LogP) is 2.46. The van der Waals surface area contributed by atoms with Crippen molar-refractivity contribution >= 4 is 23.1 Å². The lowest BCUT2D eigenvalue weighted by Gasteiger charge is -2.00. The van der Waals surface area contributed by atoms with Gasteiger partial charge in [-0.15, -0.1) is 0 Å². The number of benzene rings is 2. The number of phenolic OH excluding ortho intramolecular Hbond substituents is 1. The van der Waals surface area contributed by atoms with Crippen molar-refractivity contribution in [1.82, 2.24) is 4.57 Å². The van der Waals surface area contributed by atoms with Crippen molar-refractivity contribution in [1.29, 1.82) is 0 Å². The summed E-state index contributed by atoms with van der Waals surface area (Å²) in [5, 5.41) is 21.8. The fourth-order valence-corrected chi connectivity index (χ4v) is 3.70. The summed E-state index contributed by atoms with van der Waals surface area (Å²) < 4.78 is 1.71. The standard InChI is InChI=1S/C19H16N4O2S/c1-2-23-18(25)16(11-17-21-14-8-3-4-9-15(14)22-17)26-19(23)20-12-6-5-7-13(24)10-12/h3-11,24-25H,2H2,1H3. The van der Waals surface area contributed by atoms with E-state index in [1.54, 1.807) is 34.9 Å². The lowest BCUT2D eigenvalue weighted by Crippen LogP contribution is -2.19. The molecule has 130 valence electrons. The van der Waals surface area contributed by atoms with Crippen LogP contribution in [-0.2, 0) is 6.54 Å². The van der Waals surface area contributed by atoms with E-state index in [9.17, 15) is 10.2 Å². The second kappa shape index (κ2) is 6.61. The zero-order valence-corrected chi connectivity index (χ0v) is 14.8. The van der Waals surface area contributed by atoms with Crippen molar-refractivity contribution in [3.63, 3.8) is 0 Å². The highest BCUT2D eigenvalue weighted by atomic mass is 32.1. The Bertz CT molecular complexity index is 1170. The van der Waals surface area contributed by atoms with Gasteiger partial charge in [0.05, 0.1) is 21.3 Å². The number of aromatic hydroxyl groups is 2. The van der Waals surface area contributed by atoms with Gasteiger partial charge in [0.15, 0.2) is 10.6 Å². The fourth-order valence-electron chi connectivity index (χ4n) is 2.66. The molecule has 2 heterocycles. The van der Waals surface area contributed by atoms with Gasteiger partial charge in [0.2, 0.25) is 5.88 Å². The van der Waals surface area contributed by atoms with Gasteiger partial charge in [-0.25, -0.2) is 15.0 Å². The highest BCUT2D eigenvalue weighted by molar-refractivity contribution is 7.10. The molecule has 3 aromatic rings. The Labute approximate surface area is 153 Å². The third kappa shape index (κ3) is 3.04. The van der Waals surface area contributed by atoms with Gasteiger partial charge in [-0.3, -0.25) is 4.57 Å². The van der Waals surface area contributed by atoms with E-state index < -0.39 is 0 Å². The van der Waals surface area contributed by atoms with Crippen LogP contribution in [0.4, 0.5) is 5.69 Å². The number of para-hydroxylation sites is 2. The summed E-state index contributed by atoms with van der Waals surface area (Å²) in [6.45, 7) is 2.50. The molecule has 1 aliphatic heterocycles. The number of thiazole rings is 1. The molecule has 6 nitrogen and oxygen atoms in total. The maximum absolute atomic E-state index is 10.6. The highest BCUT2D eigenvalue weighted by Crippen LogP contribution is 2.25. The summed E-state index contributed by atoms with van der Waals surface area (Å²) in [6.07, 6.45) is 1.76. The summed E-state index contributed by atoms with van der Waals surface area (Å²) in [7, 11) is 0. The van der Waals surface area contributed by atoms with Crippen molar-refractivity contribution in [3.8, 4) is 11.6 Å². The molecule has 1 aliphatic rings. The summed E-state index contributed by atoms with van der Waals surface area (Å²) in [5.74, 6) is 0.832. The van der Waals surface area contributed by atoms with E-state index >= 15 is 0 Å². The summed E-state index contributed by atoms with van der Waals surface area (Å²) in [4.78, 5) is 14.7. The molecule has 2 N–H and O–H groups in total. The molecule has 1 aromatic heterocycles. The maximum atomic E-state index is 10.6. The van der Waals surface area contributed by atoms with Crippen LogP contribution in [0, 0.1) is 0 Å². The first-order valence-electron chi connectivity index (χ1n) is 8.14. The number of nitrogens with zero attached hydrogens (tertiary/aromatic N) is 4. The zero-order valence-electron chi connectivity index (χ0n) is 14.0. The molecule has 0 radical (unpaired) electrons. The van der Waals surface area contributed by atoms with E-state index in [0.717, 1.165) is 10.7 Å². The van der Waals surface area contributed by atoms with E-state index in [2.05, 4.69) is 15.0 Å². The first-order valence-corrected chi connectivity index (χ1v) is 8.96. The molecule has 0 spiro atoms. The number of rotatable bonds is 3. The lowest BCUT2D eigenvalue weighted by molar-refractivity contribution is 0.416. The molecule has 0 saturated carbocycles. The van der Waals surface area contributed by atoms with Gasteiger partial charge in [-0.05, 0) is 31.2 Å². The van der Waals surface area contributed by atoms with Gasteiger partial charge in [0, 0.05) is 18.7 Å². The van der Waals surface area contributed by atoms with Crippen LogP contribution in [0.2, 0.25) is 0 Å². The van der Waals surface area contributed by atoms with E-state index in [1.165, 1.54) is 11.3 Å². The summed E-state index contributed by atoms with van der Waals surface area (Å²) in [6, 6.07) is 14.3. The first-order chi connectivity index (χ1) is 12.6. The third-order valence-electron chi connectivity index (χ3n) is 3.89. The molecule has 0 atom stereocenters. The van der Waals surface area contributed by atoms with E-state index in [1.807, 2.05) is 31.2 Å². The van der Waals surface area contributed by atoms with Crippen LogP contribution in [0.15, 0.2) is 69.3 Å². The Hall–Kier alpha value is -3.19. The molecule has 4 rings (SSSR count). The molecule has 0 amide bonds. The quantitative estimate of drug-likeness (QED) is 0.748. The molecule has 0 aliphatic carbocycles. The molecule has 26 heavy (non-hydrogen) atoms. The maximum Gasteiger partial charge on any atom is 0.211 e. The Kier molecular flexibility index (Phi) is 4.14. The van der Waals surface area contributed by atoms with Crippen molar-refractivity contribution < 1.29 is 10.2 Å². The van der Waals surface area contributed by atoms with Crippen LogP contribution in [0.5, 0.6) is 11.6 Å². The third-order valence-corrected chi connectivity index (χ3v) is 4.91. The number of phenols is 1. The Morgan fingerprint density at radius 1 is 1.08 bits per heavy atom. The molecule has 2 aromatic carbocycles. The van der Waals surface area contributed by atoms with E-state index in [0.29, 0.717) is 27.7 Å². The molecule has 0 fully saturated rings. The minimum atomic E-state index is 0.130. The smallest absolute Gasteiger partial charge is 0.211 e. The van der Waals surface area contributed by atoms with Crippen LogP contribution in [0.1, 0.15) is 11.8 Å². The van der Waals surface area contributed by atoms with Gasteiger partial charge in [0.25, 0.3) is 0 Å². The van der Waals surface area contributed by atoms with Crippen molar-refractivity contribution in [2.45, 2.75) is 13.5 Å². The molecule has 0 bridgehead atoms. The van der Waals surface area contributed by atoms with Crippen LogP contribution in [0.3, 0.4) is 0 Å². The Morgan fingerprint density at radius 2 is 1.81 bits per heavy atom. The van der Waals surface area contributed by atoms with Crippen LogP contribution in [-0.4, -0.2) is 14.8 Å². The normalized spacial score (nSPS) is 13.3. The predicted molar refractivity (Wildman–Crippen MR) is 99.7 cm³/mol. The molecular formula is C19H16N4O2S. The van der Waals surface area contributed by atoms with Gasteiger partial charge in [0.1, 0.15) is 5.75 Å². The summed E-state index contributed by atoms with van der Waals surface area (Å²) in [5.41, 5.74) is 0.621. The van der Waals surface area contributed by atoms with Crippen LogP contribution < -0.4 is 15.5 Å². The summed E-state index contributed by atoms with van der Waals surface area (Å²) >= 11 is 1.35. The number of hydrogen-bond donors (Lipinski definition) is 2. The SMILES string of the molecule is CCn1c(O)c(C=C2N=c3ccccc3=N2)sc1=Nc1cccc(O)c1. The van der Waals surface area contributed by atoms with Gasteiger partial charge >= 0.3 is 0 Å². The second-order valence-electron chi connectivity index (χ2n) is 5.66. The minimum absolute atomic E-state index is 0.130. The first kappa shape index (κ1) is 16.3. The lowest BCUT2D eigenvalue weighted by atomic mass is 10.3. The molecule has 0 saturated heterocycles. The fraction of sp³-hybridized carbons (Fsp3) is 0.105. The topological polar surface area (TPSA) is 82.5 Å². The van der Waals surface area contributed by atoms with Gasteiger partial charge in [-0.1, -0.05) is 29.5 Å². The molecule has 0 unspecified atom stereocenters. The van der Waals surface area contributed by atoms with Crippen molar-refractivity contribution in [2.75, 3.05) is 0 Å².